The molecule has 6 heteroatoms. The first-order valence-electron chi connectivity index (χ1n) is 9.41. The molecule has 0 saturated heterocycles. The van der Waals surface area contributed by atoms with E-state index in [2.05, 4.69) is 0 Å². The molecular weight excluding hydrogens is 399 g/mol. The first-order valence-corrected chi connectivity index (χ1v) is 9.41. The fourth-order valence-corrected chi connectivity index (χ4v) is 3.34. The van der Waals surface area contributed by atoms with Crippen LogP contribution >= 0.6 is 0 Å². The summed E-state index contributed by atoms with van der Waals surface area (Å²) in [6.07, 6.45) is 0.621. The Labute approximate surface area is 178 Å². The van der Waals surface area contributed by atoms with Gasteiger partial charge in [0.25, 0.3) is 5.78 Å². The van der Waals surface area contributed by atoms with Crippen LogP contribution < -0.4 is 0 Å². The Bertz CT molecular complexity index is 1200. The van der Waals surface area contributed by atoms with Crippen molar-refractivity contribution in [1.29, 1.82) is 0 Å². The van der Waals surface area contributed by atoms with Crippen molar-refractivity contribution in [2.45, 2.75) is 12.8 Å². The number of Topliss-reactive ketones (excluding diaryl/α,β-unsaturated/α-hetero) is 1. The van der Waals surface area contributed by atoms with Gasteiger partial charge in [0.2, 0.25) is 0 Å². The number of carbonyl (C=O) groups is 3. The van der Waals surface area contributed by atoms with Crippen LogP contribution in [0.15, 0.2) is 78.9 Å². The highest BCUT2D eigenvalue weighted by Gasteiger charge is 2.22. The van der Waals surface area contributed by atoms with Crippen LogP contribution in [0.5, 0.6) is 0 Å². The van der Waals surface area contributed by atoms with Crippen molar-refractivity contribution >= 4 is 23.3 Å². The monoisotopic (exact) mass is 418 g/mol. The molecule has 3 aromatic carbocycles. The lowest BCUT2D eigenvalue weighted by molar-refractivity contribution is -0.146. The lowest BCUT2D eigenvalue weighted by Gasteiger charge is -2.21. The molecule has 0 aliphatic rings. The number of carbonyl (C=O) groups excluding carboxylic acids is 2. The quantitative estimate of drug-likeness (QED) is 0.190. The molecule has 1 atom stereocenters. The van der Waals surface area contributed by atoms with Gasteiger partial charge in [0, 0.05) is 23.1 Å². The maximum absolute atomic E-state index is 14.8. The number of carboxylic acids is 1. The second kappa shape index (κ2) is 9.17. The van der Waals surface area contributed by atoms with E-state index in [0.29, 0.717) is 28.3 Å². The molecule has 0 aromatic heterocycles. The molecule has 0 bridgehead atoms. The van der Waals surface area contributed by atoms with Crippen LogP contribution in [0, 0.1) is 5.82 Å². The normalized spacial score (nSPS) is 12.3. The third kappa shape index (κ3) is 4.93. The molecule has 0 heterocycles. The average molecular weight is 418 g/mol. The molecule has 0 aliphatic heterocycles. The van der Waals surface area contributed by atoms with Crippen LogP contribution in [0.1, 0.15) is 45.5 Å². The summed E-state index contributed by atoms with van der Waals surface area (Å²) in [5.41, 5.74) is 2.30. The van der Waals surface area contributed by atoms with Gasteiger partial charge in [-0.2, -0.15) is 0 Å². The summed E-state index contributed by atoms with van der Waals surface area (Å²) in [6, 6.07) is 19.5. The Balaban J connectivity index is 2.17. The summed E-state index contributed by atoms with van der Waals surface area (Å²) < 4.78 is 14.8. The number of hydrogen-bond acceptors (Lipinski definition) is 4. The Morgan fingerprint density at radius 2 is 1.42 bits per heavy atom. The molecule has 3 rings (SSSR count). The van der Waals surface area contributed by atoms with E-state index in [1.807, 2.05) is 0 Å². The van der Waals surface area contributed by atoms with Gasteiger partial charge in [-0.1, -0.05) is 54.6 Å². The van der Waals surface area contributed by atoms with Crippen LogP contribution in [0.4, 0.5) is 4.39 Å². The summed E-state index contributed by atoms with van der Waals surface area (Å²) >= 11 is 0. The first kappa shape index (κ1) is 21.6. The van der Waals surface area contributed by atoms with Crippen LogP contribution in [0.2, 0.25) is 0 Å². The van der Waals surface area contributed by atoms with Gasteiger partial charge in [-0.3, -0.25) is 9.59 Å². The number of aliphatic carboxylic acids is 1. The molecule has 3 aromatic rings. The lowest BCUT2D eigenvalue weighted by Crippen LogP contribution is -2.10. The molecular formula is C25H19FO5. The molecule has 0 saturated carbocycles. The highest BCUT2D eigenvalue weighted by Crippen LogP contribution is 2.35. The van der Waals surface area contributed by atoms with E-state index < -0.39 is 29.2 Å². The second-order valence-corrected chi connectivity index (χ2v) is 6.96. The number of aliphatic hydroxyl groups excluding tert-OH is 1. The van der Waals surface area contributed by atoms with E-state index in [-0.39, 0.29) is 11.3 Å². The van der Waals surface area contributed by atoms with Crippen LogP contribution in [0.25, 0.3) is 5.76 Å². The number of rotatable bonds is 7. The van der Waals surface area contributed by atoms with Gasteiger partial charge in [-0.25, -0.2) is 9.18 Å². The second-order valence-electron chi connectivity index (χ2n) is 6.96. The number of aliphatic hydroxyl groups is 1. The van der Waals surface area contributed by atoms with E-state index in [9.17, 15) is 23.9 Å². The zero-order valence-corrected chi connectivity index (χ0v) is 16.6. The summed E-state index contributed by atoms with van der Waals surface area (Å²) in [6.45, 7) is 1.44. The number of carboxylic acid groups (broad SMARTS) is 1. The zero-order chi connectivity index (χ0) is 22.5. The van der Waals surface area contributed by atoms with Crippen molar-refractivity contribution in [2.24, 2.45) is 0 Å². The van der Waals surface area contributed by atoms with Crippen LogP contribution in [0.3, 0.4) is 0 Å². The first-order chi connectivity index (χ1) is 14.8. The van der Waals surface area contributed by atoms with E-state index >= 15 is 0 Å². The van der Waals surface area contributed by atoms with Crippen molar-refractivity contribution < 1.29 is 29.0 Å². The highest BCUT2D eigenvalue weighted by atomic mass is 19.1. The number of ketones is 2. The largest absolute Gasteiger partial charge is 0.507 e. The van der Waals surface area contributed by atoms with Gasteiger partial charge in [0.15, 0.2) is 5.78 Å². The molecule has 0 amide bonds. The maximum atomic E-state index is 14.8. The van der Waals surface area contributed by atoms with Gasteiger partial charge < -0.3 is 10.2 Å². The van der Waals surface area contributed by atoms with E-state index in [4.69, 9.17) is 5.11 Å². The smallest absolute Gasteiger partial charge is 0.376 e. The fourth-order valence-electron chi connectivity index (χ4n) is 3.34. The third-order valence-corrected chi connectivity index (χ3v) is 4.84. The molecule has 31 heavy (non-hydrogen) atoms. The molecule has 156 valence electrons. The minimum atomic E-state index is -1.69. The molecule has 0 fully saturated rings. The number of halogens is 1. The topological polar surface area (TPSA) is 91.7 Å². The van der Waals surface area contributed by atoms with Gasteiger partial charge in [0.1, 0.15) is 11.6 Å². The van der Waals surface area contributed by atoms with Crippen molar-refractivity contribution in [2.75, 3.05) is 0 Å². The minimum absolute atomic E-state index is 0.129. The minimum Gasteiger partial charge on any atom is -0.507 e. The molecule has 0 aliphatic carbocycles. The molecule has 1 unspecified atom stereocenters. The Morgan fingerprint density at radius 3 is 2.00 bits per heavy atom. The zero-order valence-electron chi connectivity index (χ0n) is 16.6. The summed E-state index contributed by atoms with van der Waals surface area (Å²) in [5, 5.41) is 19.0. The highest BCUT2D eigenvalue weighted by molar-refractivity contribution is 6.38. The third-order valence-electron chi connectivity index (χ3n) is 4.84. The van der Waals surface area contributed by atoms with Gasteiger partial charge in [0.05, 0.1) is 0 Å². The Morgan fingerprint density at radius 1 is 0.839 bits per heavy atom. The van der Waals surface area contributed by atoms with Gasteiger partial charge in [-0.05, 0) is 41.8 Å². The van der Waals surface area contributed by atoms with Gasteiger partial charge in [-0.15, -0.1) is 0 Å². The Hall–Kier alpha value is -4.06. The van der Waals surface area contributed by atoms with E-state index in [1.165, 1.54) is 19.1 Å². The van der Waals surface area contributed by atoms with Crippen LogP contribution in [-0.2, 0) is 9.59 Å². The van der Waals surface area contributed by atoms with Crippen LogP contribution in [-0.4, -0.2) is 27.7 Å². The summed E-state index contributed by atoms with van der Waals surface area (Å²) in [5.74, 6) is -4.64. The molecule has 2 N–H and O–H groups in total. The van der Waals surface area contributed by atoms with Crippen molar-refractivity contribution in [3.63, 3.8) is 0 Å². The maximum Gasteiger partial charge on any atom is 0.376 e. The molecule has 0 radical (unpaired) electrons. The van der Waals surface area contributed by atoms with E-state index in [0.717, 1.165) is 0 Å². The number of benzene rings is 3. The van der Waals surface area contributed by atoms with Crippen molar-refractivity contribution in [3.05, 3.63) is 113 Å². The predicted molar refractivity (Wildman–Crippen MR) is 113 cm³/mol. The van der Waals surface area contributed by atoms with E-state index in [1.54, 1.807) is 60.7 Å². The predicted octanol–water partition coefficient (Wildman–Crippen LogP) is 4.76. The SMILES string of the molecule is CC(=O)c1cccc(C(c2cccc(/C(O)=C/C(=O)C(=O)O)c2)c2ccccc2F)c1. The summed E-state index contributed by atoms with van der Waals surface area (Å²) in [4.78, 5) is 34.0. The number of hydrogen-bond donors (Lipinski definition) is 2. The Kier molecular flexibility index (Phi) is 6.40. The standard InChI is InChI=1S/C25H19FO5/c1-15(27)16-6-4-8-18(12-16)24(20-10-2-3-11-21(20)26)19-9-5-7-17(13-19)22(28)14-23(29)25(30)31/h2-14,24,28H,1H3,(H,30,31)/b22-14-. The average Bonchev–Trinajstić information content (AvgIpc) is 2.75. The fraction of sp³-hybridized carbons (Fsp3) is 0.0800. The van der Waals surface area contributed by atoms with Crippen molar-refractivity contribution in [1.82, 2.24) is 0 Å². The summed E-state index contributed by atoms with van der Waals surface area (Å²) in [7, 11) is 0. The van der Waals surface area contributed by atoms with Gasteiger partial charge >= 0.3 is 5.97 Å². The molecule has 5 nitrogen and oxygen atoms in total. The lowest BCUT2D eigenvalue weighted by atomic mass is 9.83. The molecule has 0 spiro atoms. The van der Waals surface area contributed by atoms with Crippen molar-refractivity contribution in [3.8, 4) is 0 Å².